The molecule has 32 heavy (non-hydrogen) atoms. The molecule has 0 radical (unpaired) electrons. The maximum atomic E-state index is 5.17. The predicted octanol–water partition coefficient (Wildman–Crippen LogP) is 7.42. The van der Waals surface area contributed by atoms with Crippen LogP contribution in [0.25, 0.3) is 0 Å². The van der Waals surface area contributed by atoms with Crippen molar-refractivity contribution in [3.05, 3.63) is 120 Å². The third kappa shape index (κ3) is 3.90. The Morgan fingerprint density at radius 2 is 1.16 bits per heavy atom. The third-order valence-corrected chi connectivity index (χ3v) is 8.94. The summed E-state index contributed by atoms with van der Waals surface area (Å²) in [5, 5.41) is 5.17. The lowest BCUT2D eigenvalue weighted by atomic mass is 9.77. The topological polar surface area (TPSA) is 30.7 Å². The highest BCUT2D eigenvalue weighted by Crippen LogP contribution is 2.46. The summed E-state index contributed by atoms with van der Waals surface area (Å²) >= 11 is 2.53. The number of alkyl halides is 1. The molecule has 1 atom stereocenters. The van der Waals surface area contributed by atoms with E-state index in [1.807, 2.05) is 6.33 Å². The van der Waals surface area contributed by atoms with Gasteiger partial charge in [-0.1, -0.05) is 134 Å². The molecule has 0 N–H and O–H groups in total. The fraction of sp³-hybridized carbons (Fsp3) is 0.286. The van der Waals surface area contributed by atoms with Crippen molar-refractivity contribution >= 4 is 22.6 Å². The van der Waals surface area contributed by atoms with E-state index in [1.54, 1.807) is 0 Å². The Hall–Kier alpha value is -2.47. The van der Waals surface area contributed by atoms with Gasteiger partial charge in [0.25, 0.3) is 0 Å². The first-order chi connectivity index (χ1) is 15.6. The number of benzene rings is 3. The summed E-state index contributed by atoms with van der Waals surface area (Å²) in [6.45, 7) is 6.85. The fourth-order valence-corrected chi connectivity index (χ4v) is 5.57. The van der Waals surface area contributed by atoms with Crippen molar-refractivity contribution in [1.82, 2.24) is 14.8 Å². The van der Waals surface area contributed by atoms with Gasteiger partial charge in [-0.15, -0.1) is 0 Å². The lowest BCUT2D eigenvalue weighted by Gasteiger charge is -2.36. The van der Waals surface area contributed by atoms with Crippen molar-refractivity contribution in [2.75, 3.05) is 0 Å². The van der Waals surface area contributed by atoms with Crippen LogP contribution in [0.5, 0.6) is 0 Å². The van der Waals surface area contributed by atoms with Gasteiger partial charge < -0.3 is 0 Å². The summed E-state index contributed by atoms with van der Waals surface area (Å²) in [6.07, 6.45) is 4.10. The second kappa shape index (κ2) is 9.57. The van der Waals surface area contributed by atoms with E-state index in [1.165, 1.54) is 0 Å². The van der Waals surface area contributed by atoms with Crippen LogP contribution >= 0.6 is 22.6 Å². The van der Waals surface area contributed by atoms with Gasteiger partial charge in [0.15, 0.2) is 5.82 Å². The third-order valence-electron chi connectivity index (χ3n) is 6.88. The Balaban J connectivity index is 1.99. The Morgan fingerprint density at radius 3 is 1.53 bits per heavy atom. The van der Waals surface area contributed by atoms with Gasteiger partial charge in [-0.05, 0) is 34.9 Å². The molecule has 1 heterocycles. The van der Waals surface area contributed by atoms with E-state index in [4.69, 9.17) is 10.1 Å². The molecule has 0 aliphatic heterocycles. The largest absolute Gasteiger partial charge is 0.233 e. The zero-order valence-electron chi connectivity index (χ0n) is 18.9. The summed E-state index contributed by atoms with van der Waals surface area (Å²) in [5.74, 6) is 0.893. The van der Waals surface area contributed by atoms with Gasteiger partial charge in [-0.25, -0.2) is 9.67 Å². The zero-order chi connectivity index (χ0) is 22.6. The van der Waals surface area contributed by atoms with Crippen molar-refractivity contribution in [2.45, 2.75) is 43.1 Å². The minimum Gasteiger partial charge on any atom is -0.233 e. The lowest BCUT2D eigenvalue weighted by molar-refractivity contribution is 0.291. The zero-order valence-corrected chi connectivity index (χ0v) is 21.1. The summed E-state index contributed by atoms with van der Waals surface area (Å²) in [4.78, 5) is 4.86. The molecule has 3 nitrogen and oxygen atoms in total. The van der Waals surface area contributed by atoms with Gasteiger partial charge in [0, 0.05) is 0 Å². The van der Waals surface area contributed by atoms with E-state index in [-0.39, 0.29) is 9.34 Å². The number of halogens is 1. The Labute approximate surface area is 205 Å². The average Bonchev–Trinajstić information content (AvgIpc) is 3.36. The number of rotatable bonds is 8. The maximum absolute atomic E-state index is 5.17. The quantitative estimate of drug-likeness (QED) is 0.134. The molecule has 3 aromatic carbocycles. The molecule has 0 amide bonds. The minimum absolute atomic E-state index is 0.154. The van der Waals surface area contributed by atoms with Crippen LogP contribution in [0.4, 0.5) is 0 Å². The monoisotopic (exact) mass is 535 g/mol. The van der Waals surface area contributed by atoms with E-state index in [2.05, 4.69) is 139 Å². The van der Waals surface area contributed by atoms with E-state index < -0.39 is 5.54 Å². The van der Waals surface area contributed by atoms with E-state index in [0.717, 1.165) is 35.4 Å². The highest BCUT2D eigenvalue weighted by atomic mass is 127. The molecule has 1 unspecified atom stereocenters. The van der Waals surface area contributed by atoms with Crippen LogP contribution in [0.15, 0.2) is 97.3 Å². The Morgan fingerprint density at radius 1 is 0.750 bits per heavy atom. The highest BCUT2D eigenvalue weighted by molar-refractivity contribution is 14.1. The number of hydrogen-bond donors (Lipinski definition) is 0. The summed E-state index contributed by atoms with van der Waals surface area (Å²) in [5.41, 5.74) is 3.02. The fourth-order valence-electron chi connectivity index (χ4n) is 4.41. The summed E-state index contributed by atoms with van der Waals surface area (Å²) < 4.78 is 2.30. The van der Waals surface area contributed by atoms with Crippen molar-refractivity contribution in [3.63, 3.8) is 0 Å². The van der Waals surface area contributed by atoms with Crippen LogP contribution < -0.4 is 0 Å². The van der Waals surface area contributed by atoms with Gasteiger partial charge in [-0.3, -0.25) is 0 Å². The second-order valence-electron chi connectivity index (χ2n) is 8.58. The molecule has 164 valence electrons. The second-order valence-corrected chi connectivity index (χ2v) is 9.83. The van der Waals surface area contributed by atoms with Crippen LogP contribution in [0.2, 0.25) is 0 Å². The van der Waals surface area contributed by atoms with Crippen LogP contribution in [-0.2, 0) is 5.54 Å². The number of nitrogens with zero attached hydrogens (tertiary/aromatic N) is 3. The molecule has 4 rings (SSSR count). The van der Waals surface area contributed by atoms with Crippen molar-refractivity contribution in [2.24, 2.45) is 5.41 Å². The number of hydrogen-bond acceptors (Lipinski definition) is 2. The molecule has 0 fully saturated rings. The van der Waals surface area contributed by atoms with Crippen LogP contribution in [0, 0.1) is 5.41 Å². The van der Waals surface area contributed by atoms with Crippen molar-refractivity contribution < 1.29 is 0 Å². The Bertz CT molecular complexity index is 1020. The molecule has 4 aromatic rings. The van der Waals surface area contributed by atoms with Gasteiger partial charge in [0.05, 0.1) is 3.92 Å². The summed E-state index contributed by atoms with van der Waals surface area (Å²) in [6, 6.07) is 31.9. The highest BCUT2D eigenvalue weighted by Gasteiger charge is 2.41. The van der Waals surface area contributed by atoms with Crippen LogP contribution in [0.1, 0.15) is 60.1 Å². The van der Waals surface area contributed by atoms with Gasteiger partial charge >= 0.3 is 0 Å². The SMILES string of the molecule is CCC(C)(CC)C(I)c1ncn(C(c2ccccc2)(c2ccccc2)c2ccccc2)n1. The molecule has 0 aliphatic carbocycles. The summed E-state index contributed by atoms with van der Waals surface area (Å²) in [7, 11) is 0. The van der Waals surface area contributed by atoms with E-state index >= 15 is 0 Å². The number of aromatic nitrogens is 3. The predicted molar refractivity (Wildman–Crippen MR) is 140 cm³/mol. The average molecular weight is 535 g/mol. The molecular formula is C28H30IN3. The van der Waals surface area contributed by atoms with E-state index in [0.29, 0.717) is 0 Å². The van der Waals surface area contributed by atoms with E-state index in [9.17, 15) is 0 Å². The van der Waals surface area contributed by atoms with Gasteiger partial charge in [0.2, 0.25) is 0 Å². The first kappa shape index (κ1) is 22.7. The normalized spacial score (nSPS) is 13.1. The van der Waals surface area contributed by atoms with Crippen molar-refractivity contribution in [3.8, 4) is 0 Å². The minimum atomic E-state index is -0.611. The lowest BCUT2D eigenvalue weighted by Crippen LogP contribution is -2.38. The maximum Gasteiger partial charge on any atom is 0.163 e. The first-order valence-corrected chi connectivity index (χ1v) is 12.5. The molecule has 0 saturated carbocycles. The van der Waals surface area contributed by atoms with Crippen LogP contribution in [-0.4, -0.2) is 14.8 Å². The molecule has 4 heteroatoms. The smallest absolute Gasteiger partial charge is 0.163 e. The molecule has 1 aromatic heterocycles. The van der Waals surface area contributed by atoms with Crippen LogP contribution in [0.3, 0.4) is 0 Å². The molecule has 0 spiro atoms. The van der Waals surface area contributed by atoms with Gasteiger partial charge in [-0.2, -0.15) is 5.10 Å². The van der Waals surface area contributed by atoms with Crippen molar-refractivity contribution in [1.29, 1.82) is 0 Å². The van der Waals surface area contributed by atoms with Gasteiger partial charge in [0.1, 0.15) is 11.9 Å². The molecule has 0 saturated heterocycles. The standard InChI is InChI=1S/C28H30IN3/c1-4-27(3,5-2)25(29)26-30-21-32(31-26)28(22-15-9-6-10-16-22,23-17-11-7-12-18-23)24-19-13-8-14-20-24/h6-21,25H,4-5H2,1-3H3. The molecule has 0 bridgehead atoms. The first-order valence-electron chi connectivity index (χ1n) is 11.3. The molecular weight excluding hydrogens is 505 g/mol. The Kier molecular flexibility index (Phi) is 6.79. The molecule has 0 aliphatic rings.